The fraction of sp³-hybridized carbons (Fsp3) is 0.182. The van der Waals surface area contributed by atoms with Crippen molar-refractivity contribution in [2.75, 3.05) is 6.54 Å². The highest BCUT2D eigenvalue weighted by Gasteiger charge is 2.29. The van der Waals surface area contributed by atoms with E-state index in [1.165, 1.54) is 0 Å². The van der Waals surface area contributed by atoms with Crippen LogP contribution in [-0.4, -0.2) is 33.0 Å². The molecular formula is C22H17Cl2N5O2. The normalized spacial score (nSPS) is 12.9. The number of amides is 2. The minimum Gasteiger partial charge on any atom is -0.365 e. The summed E-state index contributed by atoms with van der Waals surface area (Å²) in [5.41, 5.74) is 8.95. The number of nitrogens with two attached hydrogens (primary N) is 1. The van der Waals surface area contributed by atoms with Gasteiger partial charge >= 0.3 is 0 Å². The summed E-state index contributed by atoms with van der Waals surface area (Å²) in [6.07, 6.45) is 0.206. The summed E-state index contributed by atoms with van der Waals surface area (Å²) in [5.74, 6) is -0.694. The van der Waals surface area contributed by atoms with Crippen molar-refractivity contribution < 1.29 is 9.59 Å². The van der Waals surface area contributed by atoms with E-state index in [0.29, 0.717) is 45.8 Å². The van der Waals surface area contributed by atoms with Gasteiger partial charge in [-0.1, -0.05) is 53.5 Å². The third-order valence-electron chi connectivity index (χ3n) is 5.19. The molecule has 0 saturated carbocycles. The summed E-state index contributed by atoms with van der Waals surface area (Å²) in [4.78, 5) is 30.2. The zero-order valence-electron chi connectivity index (χ0n) is 16.3. The summed E-state index contributed by atoms with van der Waals surface area (Å²) >= 11 is 12.1. The van der Waals surface area contributed by atoms with Crippen molar-refractivity contribution in [2.24, 2.45) is 5.73 Å². The van der Waals surface area contributed by atoms with Crippen LogP contribution in [0.5, 0.6) is 0 Å². The summed E-state index contributed by atoms with van der Waals surface area (Å²) in [6.45, 7) is 8.15. The molecule has 0 fully saturated rings. The Hall–Kier alpha value is -3.34. The maximum Gasteiger partial charge on any atom is 0.252 e. The predicted molar refractivity (Wildman–Crippen MR) is 118 cm³/mol. The SMILES string of the molecule is [C-]#[N+]c1ccc(CC(=O)N2CCn3nc(-c4ccc(Cl)c(Cl)c4)c(C(N)=O)c3C2)cc1. The quantitative estimate of drug-likeness (QED) is 0.603. The maximum atomic E-state index is 12.9. The lowest BCUT2D eigenvalue weighted by molar-refractivity contribution is -0.132. The van der Waals surface area contributed by atoms with Gasteiger partial charge in [-0.2, -0.15) is 5.10 Å². The molecule has 4 rings (SSSR count). The largest absolute Gasteiger partial charge is 0.365 e. The van der Waals surface area contributed by atoms with Crippen LogP contribution in [0.15, 0.2) is 42.5 Å². The van der Waals surface area contributed by atoms with Crippen molar-refractivity contribution >= 4 is 40.7 Å². The molecule has 2 N–H and O–H groups in total. The highest BCUT2D eigenvalue weighted by Crippen LogP contribution is 2.32. The van der Waals surface area contributed by atoms with Gasteiger partial charge in [-0.05, 0) is 17.7 Å². The Bertz CT molecular complexity index is 1230. The van der Waals surface area contributed by atoms with Gasteiger partial charge < -0.3 is 10.6 Å². The van der Waals surface area contributed by atoms with Gasteiger partial charge in [0.15, 0.2) is 5.69 Å². The van der Waals surface area contributed by atoms with Gasteiger partial charge in [0.25, 0.3) is 5.91 Å². The van der Waals surface area contributed by atoms with Gasteiger partial charge in [-0.25, -0.2) is 4.85 Å². The Morgan fingerprint density at radius 1 is 1.10 bits per heavy atom. The number of aromatic nitrogens is 2. The van der Waals surface area contributed by atoms with E-state index < -0.39 is 5.91 Å². The summed E-state index contributed by atoms with van der Waals surface area (Å²) in [7, 11) is 0. The first-order chi connectivity index (χ1) is 14.9. The second-order valence-corrected chi connectivity index (χ2v) is 7.97. The maximum absolute atomic E-state index is 12.9. The van der Waals surface area contributed by atoms with Gasteiger partial charge in [0, 0.05) is 12.1 Å². The second-order valence-electron chi connectivity index (χ2n) is 7.16. The Morgan fingerprint density at radius 3 is 2.48 bits per heavy atom. The Balaban J connectivity index is 1.61. The molecule has 156 valence electrons. The Morgan fingerprint density at radius 2 is 1.84 bits per heavy atom. The van der Waals surface area contributed by atoms with Crippen molar-refractivity contribution in [3.63, 3.8) is 0 Å². The van der Waals surface area contributed by atoms with Crippen LogP contribution in [0.2, 0.25) is 10.0 Å². The first-order valence-corrected chi connectivity index (χ1v) is 10.2. The molecule has 0 unspecified atom stereocenters. The molecule has 0 saturated heterocycles. The highest BCUT2D eigenvalue weighted by atomic mass is 35.5. The van der Waals surface area contributed by atoms with E-state index in [1.807, 2.05) is 0 Å². The van der Waals surface area contributed by atoms with Crippen LogP contribution in [0.4, 0.5) is 5.69 Å². The molecular weight excluding hydrogens is 437 g/mol. The molecule has 2 heterocycles. The Labute approximate surface area is 188 Å². The van der Waals surface area contributed by atoms with Gasteiger partial charge in [-0.3, -0.25) is 14.3 Å². The molecule has 2 amide bonds. The third kappa shape index (κ3) is 4.13. The number of rotatable bonds is 4. The molecule has 7 nitrogen and oxygen atoms in total. The summed E-state index contributed by atoms with van der Waals surface area (Å²) in [5, 5.41) is 5.31. The van der Waals surface area contributed by atoms with Crippen LogP contribution in [0, 0.1) is 6.57 Å². The molecule has 0 bridgehead atoms. The molecule has 1 aliphatic rings. The van der Waals surface area contributed by atoms with E-state index in [1.54, 1.807) is 52.0 Å². The third-order valence-corrected chi connectivity index (χ3v) is 5.93. The molecule has 9 heteroatoms. The minimum absolute atomic E-state index is 0.0745. The number of hydrogen-bond donors (Lipinski definition) is 1. The van der Waals surface area contributed by atoms with Crippen molar-refractivity contribution in [2.45, 2.75) is 19.5 Å². The summed E-state index contributed by atoms with van der Waals surface area (Å²) < 4.78 is 1.71. The first-order valence-electron chi connectivity index (χ1n) is 9.46. The van der Waals surface area contributed by atoms with Gasteiger partial charge in [0.05, 0.1) is 47.4 Å². The number of halogens is 2. The zero-order valence-corrected chi connectivity index (χ0v) is 17.8. The lowest BCUT2D eigenvalue weighted by Crippen LogP contribution is -2.40. The number of primary amides is 1. The lowest BCUT2D eigenvalue weighted by atomic mass is 10.0. The average Bonchev–Trinajstić information content (AvgIpc) is 3.15. The number of hydrogen-bond acceptors (Lipinski definition) is 3. The number of nitrogens with zero attached hydrogens (tertiary/aromatic N) is 4. The molecule has 1 aliphatic heterocycles. The smallest absolute Gasteiger partial charge is 0.252 e. The van der Waals surface area contributed by atoms with E-state index in [0.717, 1.165) is 5.56 Å². The topological polar surface area (TPSA) is 85.6 Å². The van der Waals surface area contributed by atoms with Gasteiger partial charge in [0.2, 0.25) is 5.91 Å². The van der Waals surface area contributed by atoms with E-state index in [9.17, 15) is 9.59 Å². The lowest BCUT2D eigenvalue weighted by Gasteiger charge is -2.28. The van der Waals surface area contributed by atoms with E-state index >= 15 is 0 Å². The number of fused-ring (bicyclic) bond motifs is 1. The van der Waals surface area contributed by atoms with E-state index in [4.69, 9.17) is 35.5 Å². The molecule has 0 spiro atoms. The average molecular weight is 454 g/mol. The molecule has 0 radical (unpaired) electrons. The van der Waals surface area contributed by atoms with Gasteiger partial charge in [-0.15, -0.1) is 0 Å². The second kappa shape index (κ2) is 8.42. The van der Waals surface area contributed by atoms with E-state index in [-0.39, 0.29) is 24.4 Å². The Kier molecular flexibility index (Phi) is 5.68. The van der Waals surface area contributed by atoms with Crippen LogP contribution >= 0.6 is 23.2 Å². The van der Waals surface area contributed by atoms with Crippen LogP contribution in [0.1, 0.15) is 21.6 Å². The molecule has 2 aromatic carbocycles. The fourth-order valence-corrected chi connectivity index (χ4v) is 3.91. The van der Waals surface area contributed by atoms with Crippen molar-refractivity contribution in [1.82, 2.24) is 14.7 Å². The molecule has 1 aromatic heterocycles. The van der Waals surface area contributed by atoms with Gasteiger partial charge in [0.1, 0.15) is 5.69 Å². The summed E-state index contributed by atoms with van der Waals surface area (Å²) in [6, 6.07) is 11.9. The number of benzene rings is 2. The van der Waals surface area contributed by atoms with E-state index in [2.05, 4.69) is 9.94 Å². The predicted octanol–water partition coefficient (Wildman–Crippen LogP) is 4.09. The highest BCUT2D eigenvalue weighted by molar-refractivity contribution is 6.42. The van der Waals surface area contributed by atoms with Crippen molar-refractivity contribution in [1.29, 1.82) is 0 Å². The van der Waals surface area contributed by atoms with Crippen LogP contribution in [-0.2, 0) is 24.3 Å². The number of carbonyl (C=O) groups excluding carboxylic acids is 2. The van der Waals surface area contributed by atoms with Crippen LogP contribution in [0.25, 0.3) is 16.1 Å². The fourth-order valence-electron chi connectivity index (χ4n) is 3.61. The molecule has 0 atom stereocenters. The van der Waals surface area contributed by atoms with Crippen LogP contribution in [0.3, 0.4) is 0 Å². The van der Waals surface area contributed by atoms with Crippen LogP contribution < -0.4 is 5.73 Å². The first kappa shape index (κ1) is 20.9. The monoisotopic (exact) mass is 453 g/mol. The standard InChI is InChI=1S/C22H17Cl2N5O2/c1-26-15-5-2-13(3-6-15)10-19(30)28-8-9-29-18(12-28)20(22(25)31)21(27-29)14-4-7-16(23)17(24)11-14/h2-7,11H,8-10,12H2,(H2,25,31). The van der Waals surface area contributed by atoms with Crippen molar-refractivity contribution in [3.05, 3.63) is 80.7 Å². The molecule has 3 aromatic rings. The number of carbonyl (C=O) groups is 2. The molecule has 0 aliphatic carbocycles. The van der Waals surface area contributed by atoms with Crippen molar-refractivity contribution in [3.8, 4) is 11.3 Å². The zero-order chi connectivity index (χ0) is 22.1. The minimum atomic E-state index is -0.619. The molecule has 31 heavy (non-hydrogen) atoms.